The number of ether oxygens (including phenoxy) is 1. The van der Waals surface area contributed by atoms with E-state index in [-0.39, 0.29) is 0 Å². The molecule has 3 heteroatoms. The average Bonchev–Trinajstić information content (AvgIpc) is 2.18. The third-order valence-electron chi connectivity index (χ3n) is 1.76. The van der Waals surface area contributed by atoms with Crippen molar-refractivity contribution in [1.82, 2.24) is 0 Å². The molecule has 1 rings (SSSR count). The number of benzene rings is 1. The molecule has 0 aromatic heterocycles. The van der Waals surface area contributed by atoms with E-state index in [1.165, 1.54) is 6.92 Å². The lowest BCUT2D eigenvalue weighted by molar-refractivity contribution is -0.135. The van der Waals surface area contributed by atoms with E-state index in [2.05, 4.69) is 4.74 Å². The molecule has 0 aliphatic rings. The van der Waals surface area contributed by atoms with Gasteiger partial charge in [0.05, 0.1) is 5.56 Å². The van der Waals surface area contributed by atoms with Crippen molar-refractivity contribution in [3.63, 3.8) is 0 Å². The molecule has 3 nitrogen and oxygen atoms in total. The van der Waals surface area contributed by atoms with E-state index in [4.69, 9.17) is 0 Å². The van der Waals surface area contributed by atoms with Crippen LogP contribution in [0.3, 0.4) is 0 Å². The Labute approximate surface area is 88.4 Å². The number of carbonyl (C=O) groups is 2. The van der Waals surface area contributed by atoms with Gasteiger partial charge >= 0.3 is 11.9 Å². The maximum Gasteiger partial charge on any atom is 0.346 e. The summed E-state index contributed by atoms with van der Waals surface area (Å²) in [5, 5.41) is 0. The van der Waals surface area contributed by atoms with E-state index >= 15 is 0 Å². The summed E-state index contributed by atoms with van der Waals surface area (Å²) in [7, 11) is 0. The number of hydrogen-bond acceptors (Lipinski definition) is 3. The van der Waals surface area contributed by atoms with E-state index in [9.17, 15) is 9.59 Å². The van der Waals surface area contributed by atoms with Crippen molar-refractivity contribution in [3.05, 3.63) is 41.5 Å². The second kappa shape index (κ2) is 5.10. The molecule has 0 spiro atoms. The van der Waals surface area contributed by atoms with Crippen LogP contribution in [0.2, 0.25) is 0 Å². The van der Waals surface area contributed by atoms with Crippen molar-refractivity contribution in [2.45, 2.75) is 13.8 Å². The van der Waals surface area contributed by atoms with Crippen LogP contribution < -0.4 is 0 Å². The van der Waals surface area contributed by atoms with Crippen LogP contribution in [0.1, 0.15) is 29.8 Å². The van der Waals surface area contributed by atoms with Crippen molar-refractivity contribution >= 4 is 18.0 Å². The molecule has 0 heterocycles. The summed E-state index contributed by atoms with van der Waals surface area (Å²) >= 11 is 0. The fourth-order valence-corrected chi connectivity index (χ4v) is 1.19. The smallest absolute Gasteiger partial charge is 0.346 e. The van der Waals surface area contributed by atoms with Crippen LogP contribution in [-0.2, 0) is 9.53 Å². The fraction of sp³-hybridized carbons (Fsp3) is 0.167. The normalized spacial score (nSPS) is 10.3. The van der Waals surface area contributed by atoms with Gasteiger partial charge in [-0.05, 0) is 18.6 Å². The molecule has 0 fully saturated rings. The van der Waals surface area contributed by atoms with Crippen LogP contribution >= 0.6 is 0 Å². The minimum atomic E-state index is -0.615. The number of rotatable bonds is 2. The van der Waals surface area contributed by atoms with Crippen LogP contribution in [0.15, 0.2) is 30.3 Å². The Hall–Kier alpha value is -1.90. The van der Waals surface area contributed by atoms with Crippen LogP contribution in [-0.4, -0.2) is 11.9 Å². The highest BCUT2D eigenvalue weighted by atomic mass is 16.6. The lowest BCUT2D eigenvalue weighted by Gasteiger charge is -2.03. The molecule has 78 valence electrons. The lowest BCUT2D eigenvalue weighted by Crippen LogP contribution is -2.10. The standard InChI is InChI=1S/C12H12O3/c1-3-6-10-7-4-5-8-11(10)12(14)15-9(2)13/h3-8H,1-2H3. The first-order valence-corrected chi connectivity index (χ1v) is 4.59. The van der Waals surface area contributed by atoms with Gasteiger partial charge in [0, 0.05) is 6.92 Å². The molecule has 0 bridgehead atoms. The largest absolute Gasteiger partial charge is 0.390 e. The maximum atomic E-state index is 11.5. The molecule has 0 radical (unpaired) electrons. The van der Waals surface area contributed by atoms with Crippen molar-refractivity contribution < 1.29 is 14.3 Å². The van der Waals surface area contributed by atoms with Gasteiger partial charge in [-0.3, -0.25) is 4.79 Å². The molecule has 15 heavy (non-hydrogen) atoms. The first-order chi connectivity index (χ1) is 7.15. The van der Waals surface area contributed by atoms with Gasteiger partial charge in [-0.2, -0.15) is 0 Å². The zero-order valence-electron chi connectivity index (χ0n) is 8.69. The van der Waals surface area contributed by atoms with Crippen LogP contribution in [0.4, 0.5) is 0 Å². The Morgan fingerprint density at radius 1 is 1.27 bits per heavy atom. The minimum Gasteiger partial charge on any atom is -0.390 e. The summed E-state index contributed by atoms with van der Waals surface area (Å²) in [6.45, 7) is 3.06. The predicted molar refractivity (Wildman–Crippen MR) is 57.2 cm³/mol. The zero-order chi connectivity index (χ0) is 11.3. The molecular formula is C12H12O3. The number of allylic oxidation sites excluding steroid dienone is 1. The molecule has 0 unspecified atom stereocenters. The van der Waals surface area contributed by atoms with E-state index in [1.54, 1.807) is 24.3 Å². The van der Waals surface area contributed by atoms with Gasteiger partial charge < -0.3 is 4.74 Å². The molecule has 0 N–H and O–H groups in total. The molecule has 0 saturated carbocycles. The summed E-state index contributed by atoms with van der Waals surface area (Å²) in [4.78, 5) is 22.1. The second-order valence-electron chi connectivity index (χ2n) is 2.97. The maximum absolute atomic E-state index is 11.5. The Bertz CT molecular complexity index is 405. The van der Waals surface area contributed by atoms with Gasteiger partial charge in [-0.15, -0.1) is 0 Å². The van der Waals surface area contributed by atoms with Crippen molar-refractivity contribution in [2.24, 2.45) is 0 Å². The van der Waals surface area contributed by atoms with Gasteiger partial charge in [-0.25, -0.2) is 4.79 Å². The predicted octanol–water partition coefficient (Wildman–Crippen LogP) is 2.42. The number of carbonyl (C=O) groups excluding carboxylic acids is 2. The highest BCUT2D eigenvalue weighted by Gasteiger charge is 2.12. The van der Waals surface area contributed by atoms with Crippen molar-refractivity contribution in [2.75, 3.05) is 0 Å². The number of esters is 2. The Morgan fingerprint density at radius 3 is 2.53 bits per heavy atom. The van der Waals surface area contributed by atoms with Gasteiger partial charge in [0.15, 0.2) is 0 Å². The van der Waals surface area contributed by atoms with E-state index in [0.29, 0.717) is 5.56 Å². The topological polar surface area (TPSA) is 43.4 Å². The Kier molecular flexibility index (Phi) is 3.80. The first-order valence-electron chi connectivity index (χ1n) is 4.59. The van der Waals surface area contributed by atoms with Crippen molar-refractivity contribution in [1.29, 1.82) is 0 Å². The third kappa shape index (κ3) is 3.06. The van der Waals surface area contributed by atoms with Crippen molar-refractivity contribution in [3.8, 4) is 0 Å². The highest BCUT2D eigenvalue weighted by molar-refractivity contribution is 5.99. The quantitative estimate of drug-likeness (QED) is 0.549. The Balaban J connectivity index is 3.02. The van der Waals surface area contributed by atoms with Crippen LogP contribution in [0.5, 0.6) is 0 Å². The molecular weight excluding hydrogens is 192 g/mol. The molecule has 0 saturated heterocycles. The molecule has 0 amide bonds. The Morgan fingerprint density at radius 2 is 1.93 bits per heavy atom. The summed E-state index contributed by atoms with van der Waals surface area (Å²) < 4.78 is 4.51. The molecule has 1 aromatic rings. The van der Waals surface area contributed by atoms with Crippen LogP contribution in [0.25, 0.3) is 6.08 Å². The van der Waals surface area contributed by atoms with Gasteiger partial charge in [0.2, 0.25) is 0 Å². The summed E-state index contributed by atoms with van der Waals surface area (Å²) in [6.07, 6.45) is 3.61. The van der Waals surface area contributed by atoms with Crippen LogP contribution in [0, 0.1) is 0 Å². The van der Waals surface area contributed by atoms with Gasteiger partial charge in [0.1, 0.15) is 0 Å². The first kappa shape index (κ1) is 11.2. The SMILES string of the molecule is CC=Cc1ccccc1C(=O)OC(C)=O. The monoisotopic (exact) mass is 204 g/mol. The third-order valence-corrected chi connectivity index (χ3v) is 1.76. The second-order valence-corrected chi connectivity index (χ2v) is 2.97. The van der Waals surface area contributed by atoms with E-state index < -0.39 is 11.9 Å². The highest BCUT2D eigenvalue weighted by Crippen LogP contribution is 2.12. The summed E-state index contributed by atoms with van der Waals surface area (Å²) in [5.74, 6) is -1.22. The molecule has 1 aromatic carbocycles. The number of hydrogen-bond donors (Lipinski definition) is 0. The molecule has 0 aliphatic heterocycles. The van der Waals surface area contributed by atoms with Gasteiger partial charge in [0.25, 0.3) is 0 Å². The lowest BCUT2D eigenvalue weighted by atomic mass is 10.1. The summed E-state index contributed by atoms with van der Waals surface area (Å²) in [5.41, 5.74) is 1.14. The van der Waals surface area contributed by atoms with Gasteiger partial charge in [-0.1, -0.05) is 30.4 Å². The zero-order valence-corrected chi connectivity index (χ0v) is 8.69. The van der Waals surface area contributed by atoms with E-state index in [0.717, 1.165) is 5.56 Å². The molecule has 0 aliphatic carbocycles. The van der Waals surface area contributed by atoms with E-state index in [1.807, 2.05) is 19.1 Å². The fourth-order valence-electron chi connectivity index (χ4n) is 1.19. The minimum absolute atomic E-state index is 0.394. The molecule has 0 atom stereocenters. The summed E-state index contributed by atoms with van der Waals surface area (Å²) in [6, 6.07) is 6.96. The average molecular weight is 204 g/mol.